The van der Waals surface area contributed by atoms with Crippen LogP contribution in [0.5, 0.6) is 0 Å². The van der Waals surface area contributed by atoms with Gasteiger partial charge < -0.3 is 5.32 Å². The van der Waals surface area contributed by atoms with Crippen LogP contribution in [0, 0.1) is 5.92 Å². The lowest BCUT2D eigenvalue weighted by atomic mass is 10.2. The third-order valence-corrected chi connectivity index (χ3v) is 3.63. The zero-order valence-corrected chi connectivity index (χ0v) is 9.70. The zero-order valence-electron chi connectivity index (χ0n) is 8.70. The van der Waals surface area contributed by atoms with Crippen molar-refractivity contribution < 1.29 is 0 Å². The van der Waals surface area contributed by atoms with Gasteiger partial charge >= 0.3 is 0 Å². The average molecular weight is 173 g/mol. The molecule has 2 heteroatoms. The third kappa shape index (κ3) is 8.08. The smallest absolute Gasteiger partial charge is 0.0445 e. The Kier molecular flexibility index (Phi) is 5.02. The van der Waals surface area contributed by atoms with Gasteiger partial charge in [0, 0.05) is 8.07 Å². The van der Waals surface area contributed by atoms with Gasteiger partial charge in [0.2, 0.25) is 0 Å². The van der Waals surface area contributed by atoms with Crippen molar-refractivity contribution in [2.45, 2.75) is 39.5 Å². The quantitative estimate of drug-likeness (QED) is 0.630. The van der Waals surface area contributed by atoms with Gasteiger partial charge in [0.05, 0.1) is 0 Å². The van der Waals surface area contributed by atoms with Crippen molar-refractivity contribution in [1.82, 2.24) is 5.32 Å². The molecule has 1 N–H and O–H groups in total. The molecule has 0 aromatic heterocycles. The van der Waals surface area contributed by atoms with Gasteiger partial charge in [0.15, 0.2) is 0 Å². The number of hydrogen-bond acceptors (Lipinski definition) is 1. The van der Waals surface area contributed by atoms with Crippen LogP contribution < -0.4 is 5.32 Å². The fourth-order valence-electron chi connectivity index (χ4n) is 1.51. The molecule has 0 spiro atoms. The molecule has 0 aliphatic rings. The normalized spacial score (nSPS) is 15.0. The van der Waals surface area contributed by atoms with Gasteiger partial charge in [0.1, 0.15) is 0 Å². The molecule has 0 aliphatic carbocycles. The predicted octanol–water partition coefficient (Wildman–Crippen LogP) is 2.57. The summed E-state index contributed by atoms with van der Waals surface area (Å²) < 4.78 is 0. The highest BCUT2D eigenvalue weighted by Crippen LogP contribution is 2.15. The Morgan fingerprint density at radius 3 is 2.18 bits per heavy atom. The van der Waals surface area contributed by atoms with Crippen molar-refractivity contribution in [3.63, 3.8) is 0 Å². The highest BCUT2D eigenvalue weighted by Gasteiger charge is 2.16. The van der Waals surface area contributed by atoms with Gasteiger partial charge in [-0.3, -0.25) is 0 Å². The first-order valence-electron chi connectivity index (χ1n) is 4.66. The first-order valence-corrected chi connectivity index (χ1v) is 8.37. The van der Waals surface area contributed by atoms with Crippen molar-refractivity contribution in [1.29, 1.82) is 0 Å². The van der Waals surface area contributed by atoms with Crippen molar-refractivity contribution >= 4 is 8.07 Å². The maximum atomic E-state index is 3.39. The summed E-state index contributed by atoms with van der Waals surface area (Å²) in [5, 5.41) is 3.39. The Labute approximate surface area is 72.6 Å². The summed E-state index contributed by atoms with van der Waals surface area (Å²) in [5.74, 6) is 0.863. The van der Waals surface area contributed by atoms with Crippen LogP contribution in [0.1, 0.15) is 13.8 Å². The maximum Gasteiger partial charge on any atom is 0.0445 e. The highest BCUT2D eigenvalue weighted by atomic mass is 28.3. The number of rotatable bonds is 5. The second kappa shape index (κ2) is 4.94. The van der Waals surface area contributed by atoms with E-state index in [-0.39, 0.29) is 0 Å². The standard InChI is InChI=1S/C9H23NSi/c1-6-10-7-9(2)8-11(3,4)5/h9-10H,6-8H2,1-5H3. The Morgan fingerprint density at radius 1 is 1.27 bits per heavy atom. The van der Waals surface area contributed by atoms with E-state index >= 15 is 0 Å². The molecule has 0 rings (SSSR count). The summed E-state index contributed by atoms with van der Waals surface area (Å²) in [6.07, 6.45) is 0. The molecule has 0 fully saturated rings. The lowest BCUT2D eigenvalue weighted by Gasteiger charge is -2.21. The molecule has 11 heavy (non-hydrogen) atoms. The second-order valence-electron chi connectivity index (χ2n) is 4.68. The summed E-state index contributed by atoms with van der Waals surface area (Å²) in [6.45, 7) is 14.1. The first-order chi connectivity index (χ1) is 4.95. The molecule has 0 saturated heterocycles. The van der Waals surface area contributed by atoms with Crippen LogP contribution in [0.25, 0.3) is 0 Å². The van der Waals surface area contributed by atoms with Gasteiger partial charge in [-0.05, 0) is 19.0 Å². The van der Waals surface area contributed by atoms with Crippen LogP contribution in [-0.4, -0.2) is 21.2 Å². The van der Waals surface area contributed by atoms with Gasteiger partial charge in [-0.1, -0.05) is 39.5 Å². The van der Waals surface area contributed by atoms with Crippen LogP contribution >= 0.6 is 0 Å². The van der Waals surface area contributed by atoms with E-state index in [9.17, 15) is 0 Å². The molecule has 1 nitrogen and oxygen atoms in total. The Morgan fingerprint density at radius 2 is 1.82 bits per heavy atom. The van der Waals surface area contributed by atoms with Gasteiger partial charge in [-0.2, -0.15) is 0 Å². The topological polar surface area (TPSA) is 12.0 Å². The van der Waals surface area contributed by atoms with E-state index in [0.29, 0.717) is 0 Å². The minimum absolute atomic E-state index is 0.810. The number of nitrogens with one attached hydrogen (secondary N) is 1. The largest absolute Gasteiger partial charge is 0.317 e. The molecule has 0 saturated carbocycles. The Balaban J connectivity index is 3.44. The molecule has 0 aromatic carbocycles. The van der Waals surface area contributed by atoms with Crippen molar-refractivity contribution in [3.05, 3.63) is 0 Å². The summed E-state index contributed by atoms with van der Waals surface area (Å²) >= 11 is 0. The van der Waals surface area contributed by atoms with Gasteiger partial charge in [-0.15, -0.1) is 0 Å². The molecule has 0 aliphatic heterocycles. The third-order valence-electron chi connectivity index (χ3n) is 1.70. The first kappa shape index (κ1) is 11.2. The summed E-state index contributed by atoms with van der Waals surface area (Å²) in [6, 6.07) is 1.44. The van der Waals surface area contributed by atoms with Crippen LogP contribution in [0.4, 0.5) is 0 Å². The van der Waals surface area contributed by atoms with E-state index in [1.807, 2.05) is 0 Å². The van der Waals surface area contributed by atoms with Crippen LogP contribution in [0.3, 0.4) is 0 Å². The number of hydrogen-bond donors (Lipinski definition) is 1. The summed E-state index contributed by atoms with van der Waals surface area (Å²) in [4.78, 5) is 0. The van der Waals surface area contributed by atoms with Gasteiger partial charge in [0.25, 0.3) is 0 Å². The summed E-state index contributed by atoms with van der Waals surface area (Å²) in [5.41, 5.74) is 0. The van der Waals surface area contributed by atoms with E-state index in [1.54, 1.807) is 0 Å². The fraction of sp³-hybridized carbons (Fsp3) is 1.00. The molecule has 1 unspecified atom stereocenters. The molecule has 1 atom stereocenters. The monoisotopic (exact) mass is 173 g/mol. The molecule has 68 valence electrons. The lowest BCUT2D eigenvalue weighted by Crippen LogP contribution is -2.28. The van der Waals surface area contributed by atoms with Crippen LogP contribution in [-0.2, 0) is 0 Å². The van der Waals surface area contributed by atoms with Crippen molar-refractivity contribution in [3.8, 4) is 0 Å². The fourth-order valence-corrected chi connectivity index (χ4v) is 3.74. The Hall–Kier alpha value is 0.177. The van der Waals surface area contributed by atoms with Crippen molar-refractivity contribution in [2.75, 3.05) is 13.1 Å². The van der Waals surface area contributed by atoms with E-state index in [4.69, 9.17) is 0 Å². The Bertz CT molecular complexity index is 96.2. The zero-order chi connectivity index (χ0) is 8.91. The van der Waals surface area contributed by atoms with Crippen LogP contribution in [0.2, 0.25) is 25.7 Å². The van der Waals surface area contributed by atoms with Gasteiger partial charge in [-0.25, -0.2) is 0 Å². The SMILES string of the molecule is CCNCC(C)C[Si](C)(C)C. The van der Waals surface area contributed by atoms with E-state index < -0.39 is 8.07 Å². The minimum Gasteiger partial charge on any atom is -0.317 e. The molecular weight excluding hydrogens is 150 g/mol. The molecule has 0 radical (unpaired) electrons. The van der Waals surface area contributed by atoms with Crippen LogP contribution in [0.15, 0.2) is 0 Å². The molecule has 0 heterocycles. The molecule has 0 bridgehead atoms. The predicted molar refractivity (Wildman–Crippen MR) is 55.9 cm³/mol. The van der Waals surface area contributed by atoms with E-state index in [1.165, 1.54) is 12.6 Å². The second-order valence-corrected chi connectivity index (χ2v) is 10.2. The molecule has 0 amide bonds. The molecular formula is C9H23NSi. The van der Waals surface area contributed by atoms with E-state index in [0.717, 1.165) is 12.5 Å². The highest BCUT2D eigenvalue weighted by molar-refractivity contribution is 6.76. The molecule has 0 aromatic rings. The van der Waals surface area contributed by atoms with Crippen molar-refractivity contribution in [2.24, 2.45) is 5.92 Å². The lowest BCUT2D eigenvalue weighted by molar-refractivity contribution is 0.560. The maximum absolute atomic E-state index is 3.39. The van der Waals surface area contributed by atoms with E-state index in [2.05, 4.69) is 38.8 Å². The minimum atomic E-state index is -0.810. The summed E-state index contributed by atoms with van der Waals surface area (Å²) in [7, 11) is -0.810. The average Bonchev–Trinajstić information content (AvgIpc) is 1.79.